The zero-order chi connectivity index (χ0) is 19.1. The van der Waals surface area contributed by atoms with E-state index in [1.54, 1.807) is 0 Å². The molecule has 0 unspecified atom stereocenters. The van der Waals surface area contributed by atoms with Crippen molar-refractivity contribution in [1.29, 1.82) is 0 Å². The van der Waals surface area contributed by atoms with Crippen LogP contribution in [0.4, 0.5) is 5.69 Å². The lowest BCUT2D eigenvalue weighted by molar-refractivity contribution is -0.122. The summed E-state index contributed by atoms with van der Waals surface area (Å²) in [7, 11) is 0. The number of nitrogens with zero attached hydrogens (tertiary/aromatic N) is 1. The molecule has 1 aliphatic heterocycles. The monoisotopic (exact) mass is 368 g/mol. The fourth-order valence-electron chi connectivity index (χ4n) is 3.61. The predicted octanol–water partition coefficient (Wildman–Crippen LogP) is 3.47. The van der Waals surface area contributed by atoms with Crippen molar-refractivity contribution in [2.75, 3.05) is 31.6 Å². The molecule has 0 aromatic heterocycles. The summed E-state index contributed by atoms with van der Waals surface area (Å²) < 4.78 is 5.64. The second-order valence-corrected chi connectivity index (χ2v) is 6.89. The number of para-hydroxylation sites is 2. The molecule has 0 bridgehead atoms. The van der Waals surface area contributed by atoms with Gasteiger partial charge in [0.15, 0.2) is 0 Å². The molecule has 5 nitrogen and oxygen atoms in total. The third kappa shape index (κ3) is 4.87. The third-order valence-corrected chi connectivity index (χ3v) is 5.08. The van der Waals surface area contributed by atoms with Crippen molar-refractivity contribution in [2.24, 2.45) is 5.92 Å². The van der Waals surface area contributed by atoms with E-state index in [9.17, 15) is 9.90 Å². The molecule has 0 saturated carbocycles. The van der Waals surface area contributed by atoms with Crippen LogP contribution in [-0.2, 0) is 4.79 Å². The number of piperidine rings is 1. The lowest BCUT2D eigenvalue weighted by atomic mass is 9.94. The Morgan fingerprint density at radius 3 is 2.48 bits per heavy atom. The average molecular weight is 368 g/mol. The number of hydrogen-bond acceptors (Lipinski definition) is 4. The molecule has 0 radical (unpaired) electrons. The topological polar surface area (TPSA) is 61.8 Å². The normalized spacial score (nSPS) is 16.7. The van der Waals surface area contributed by atoms with Crippen LogP contribution in [-0.4, -0.2) is 42.2 Å². The summed E-state index contributed by atoms with van der Waals surface area (Å²) in [4.78, 5) is 15.5. The van der Waals surface area contributed by atoms with Gasteiger partial charge in [-0.25, -0.2) is 0 Å². The van der Waals surface area contributed by atoms with Crippen molar-refractivity contribution in [3.8, 4) is 5.75 Å². The number of carbonyl (C=O) groups excluding carboxylic acids is 1. The van der Waals surface area contributed by atoms with E-state index in [1.165, 1.54) is 0 Å². The van der Waals surface area contributed by atoms with Crippen LogP contribution in [0.3, 0.4) is 0 Å². The van der Waals surface area contributed by atoms with Gasteiger partial charge in [0.25, 0.3) is 0 Å². The van der Waals surface area contributed by atoms with Crippen LogP contribution in [0.1, 0.15) is 31.4 Å². The van der Waals surface area contributed by atoms with Crippen molar-refractivity contribution in [2.45, 2.75) is 25.8 Å². The minimum absolute atomic E-state index is 0.0594. The number of carbonyl (C=O) groups is 1. The van der Waals surface area contributed by atoms with Gasteiger partial charge >= 0.3 is 0 Å². The van der Waals surface area contributed by atoms with Gasteiger partial charge in [-0.1, -0.05) is 42.5 Å². The second-order valence-electron chi connectivity index (χ2n) is 6.89. The van der Waals surface area contributed by atoms with E-state index < -0.39 is 0 Å². The van der Waals surface area contributed by atoms with E-state index in [1.807, 2.05) is 61.5 Å². The van der Waals surface area contributed by atoms with E-state index in [-0.39, 0.29) is 18.6 Å². The number of aliphatic hydroxyl groups is 1. The molecule has 2 aromatic rings. The molecule has 5 heteroatoms. The zero-order valence-electron chi connectivity index (χ0n) is 15.8. The van der Waals surface area contributed by atoms with Crippen molar-refractivity contribution in [3.05, 3.63) is 60.2 Å². The maximum atomic E-state index is 13.3. The van der Waals surface area contributed by atoms with E-state index >= 15 is 0 Å². The Morgan fingerprint density at radius 1 is 1.15 bits per heavy atom. The molecule has 144 valence electrons. The molecule has 3 rings (SSSR count). The van der Waals surface area contributed by atoms with Gasteiger partial charge in [-0.2, -0.15) is 0 Å². The van der Waals surface area contributed by atoms with Crippen LogP contribution in [0.5, 0.6) is 5.75 Å². The van der Waals surface area contributed by atoms with Crippen LogP contribution >= 0.6 is 0 Å². The summed E-state index contributed by atoms with van der Waals surface area (Å²) in [5.41, 5.74) is 1.67. The largest absolute Gasteiger partial charge is 0.492 e. The number of amides is 1. The Hall–Kier alpha value is -2.37. The first kappa shape index (κ1) is 19.4. The van der Waals surface area contributed by atoms with Crippen LogP contribution in [0.2, 0.25) is 0 Å². The van der Waals surface area contributed by atoms with Crippen LogP contribution in [0, 0.1) is 5.92 Å². The van der Waals surface area contributed by atoms with E-state index in [0.717, 1.165) is 31.5 Å². The zero-order valence-corrected chi connectivity index (χ0v) is 15.8. The molecular formula is C22H28N2O3. The highest BCUT2D eigenvalue weighted by atomic mass is 16.5. The van der Waals surface area contributed by atoms with Crippen molar-refractivity contribution < 1.29 is 14.6 Å². The lowest BCUT2D eigenvalue weighted by Crippen LogP contribution is -2.42. The molecule has 0 spiro atoms. The number of aliphatic hydroxyl groups excluding tert-OH is 1. The molecule has 1 atom stereocenters. The van der Waals surface area contributed by atoms with E-state index in [2.05, 4.69) is 10.2 Å². The van der Waals surface area contributed by atoms with Crippen LogP contribution in [0.25, 0.3) is 0 Å². The summed E-state index contributed by atoms with van der Waals surface area (Å²) in [5.74, 6) is 0.953. The van der Waals surface area contributed by atoms with Crippen LogP contribution in [0.15, 0.2) is 54.6 Å². The molecule has 1 amide bonds. The molecule has 1 fully saturated rings. The van der Waals surface area contributed by atoms with Gasteiger partial charge in [0, 0.05) is 6.61 Å². The molecular weight excluding hydrogens is 340 g/mol. The number of likely N-dealkylation sites (tertiary alicyclic amines) is 1. The first-order valence-corrected chi connectivity index (χ1v) is 9.65. The van der Waals surface area contributed by atoms with Crippen molar-refractivity contribution in [1.82, 2.24) is 4.90 Å². The van der Waals surface area contributed by atoms with Gasteiger partial charge < -0.3 is 15.2 Å². The Bertz CT molecular complexity index is 727. The Balaban J connectivity index is 1.82. The van der Waals surface area contributed by atoms with Gasteiger partial charge in [0.2, 0.25) is 5.91 Å². The highest BCUT2D eigenvalue weighted by Crippen LogP contribution is 2.30. The predicted molar refractivity (Wildman–Crippen MR) is 107 cm³/mol. The van der Waals surface area contributed by atoms with Gasteiger partial charge in [-0.05, 0) is 56.5 Å². The maximum absolute atomic E-state index is 13.3. The summed E-state index contributed by atoms with van der Waals surface area (Å²) >= 11 is 0. The quantitative estimate of drug-likeness (QED) is 0.786. The summed E-state index contributed by atoms with van der Waals surface area (Å²) in [6, 6.07) is 17.0. The fraction of sp³-hybridized carbons (Fsp3) is 0.409. The first-order valence-electron chi connectivity index (χ1n) is 9.65. The number of ether oxygens (including phenoxy) is 1. The van der Waals surface area contributed by atoms with Gasteiger partial charge in [0.1, 0.15) is 11.8 Å². The van der Waals surface area contributed by atoms with Gasteiger partial charge in [-0.15, -0.1) is 0 Å². The summed E-state index contributed by atoms with van der Waals surface area (Å²) in [5, 5.41) is 12.5. The third-order valence-electron chi connectivity index (χ3n) is 5.08. The molecule has 27 heavy (non-hydrogen) atoms. The second kappa shape index (κ2) is 9.53. The Labute approximate surface area is 161 Å². The fourth-order valence-corrected chi connectivity index (χ4v) is 3.61. The Morgan fingerprint density at radius 2 is 1.81 bits per heavy atom. The lowest BCUT2D eigenvalue weighted by Gasteiger charge is -2.36. The number of hydrogen-bond donors (Lipinski definition) is 2. The smallest absolute Gasteiger partial charge is 0.246 e. The number of benzene rings is 2. The van der Waals surface area contributed by atoms with E-state index in [4.69, 9.17) is 4.74 Å². The Kier molecular flexibility index (Phi) is 6.85. The molecule has 1 heterocycles. The average Bonchev–Trinajstić information content (AvgIpc) is 2.71. The van der Waals surface area contributed by atoms with Gasteiger partial charge in [-0.3, -0.25) is 9.69 Å². The SMILES string of the molecule is CCOc1ccccc1NC(=O)[C@H](c1ccccc1)N1CCC(CO)CC1. The van der Waals surface area contributed by atoms with Crippen LogP contribution < -0.4 is 10.1 Å². The number of rotatable bonds is 7. The van der Waals surface area contributed by atoms with Crippen molar-refractivity contribution >= 4 is 11.6 Å². The van der Waals surface area contributed by atoms with E-state index in [0.29, 0.717) is 24.0 Å². The molecule has 2 aromatic carbocycles. The minimum atomic E-state index is -0.361. The first-order chi connectivity index (χ1) is 13.2. The molecule has 1 aliphatic rings. The van der Waals surface area contributed by atoms with Gasteiger partial charge in [0.05, 0.1) is 12.3 Å². The minimum Gasteiger partial charge on any atom is -0.492 e. The molecule has 0 aliphatic carbocycles. The highest BCUT2D eigenvalue weighted by Gasteiger charge is 2.31. The summed E-state index contributed by atoms with van der Waals surface area (Å²) in [6.07, 6.45) is 1.81. The maximum Gasteiger partial charge on any atom is 0.246 e. The summed E-state index contributed by atoms with van der Waals surface area (Å²) in [6.45, 7) is 4.29. The number of nitrogens with one attached hydrogen (secondary N) is 1. The number of anilines is 1. The van der Waals surface area contributed by atoms with Crippen molar-refractivity contribution in [3.63, 3.8) is 0 Å². The standard InChI is InChI=1S/C22H28N2O3/c1-2-27-20-11-7-6-10-19(20)23-22(26)21(18-8-4-3-5-9-18)24-14-12-17(16-25)13-15-24/h3-11,17,21,25H,2,12-16H2,1H3,(H,23,26)/t21-/m0/s1. The highest BCUT2D eigenvalue weighted by molar-refractivity contribution is 5.96. The molecule has 1 saturated heterocycles. The molecule has 2 N–H and O–H groups in total.